The van der Waals surface area contributed by atoms with Crippen molar-refractivity contribution < 1.29 is 14.6 Å². The molecule has 1 fully saturated rings. The van der Waals surface area contributed by atoms with E-state index in [2.05, 4.69) is 4.90 Å². The topological polar surface area (TPSA) is 49.8 Å². The van der Waals surface area contributed by atoms with E-state index >= 15 is 0 Å². The summed E-state index contributed by atoms with van der Waals surface area (Å²) >= 11 is 0. The van der Waals surface area contributed by atoms with E-state index in [1.807, 2.05) is 25.2 Å². The zero-order valence-electron chi connectivity index (χ0n) is 10.6. The van der Waals surface area contributed by atoms with Gasteiger partial charge in [-0.25, -0.2) is 4.79 Å². The fraction of sp³-hybridized carbons (Fsp3) is 0.500. The lowest BCUT2D eigenvalue weighted by molar-refractivity contribution is 0.0378. The third-order valence-corrected chi connectivity index (χ3v) is 3.61. The summed E-state index contributed by atoms with van der Waals surface area (Å²) in [6.07, 6.45) is 1.92. The molecule has 1 aromatic rings. The highest BCUT2D eigenvalue weighted by molar-refractivity contribution is 5.89. The van der Waals surface area contributed by atoms with E-state index in [9.17, 15) is 4.79 Å². The van der Waals surface area contributed by atoms with E-state index < -0.39 is 0 Å². The van der Waals surface area contributed by atoms with Crippen LogP contribution in [0.2, 0.25) is 0 Å². The lowest BCUT2D eigenvalue weighted by atomic mass is 10.2. The Morgan fingerprint density at radius 3 is 2.61 bits per heavy atom. The van der Waals surface area contributed by atoms with Gasteiger partial charge in [0.25, 0.3) is 0 Å². The van der Waals surface area contributed by atoms with Crippen LogP contribution in [0.5, 0.6) is 0 Å². The zero-order chi connectivity index (χ0) is 13.0. The number of carbonyl (C=O) groups is 1. The Kier molecular flexibility index (Phi) is 4.33. The summed E-state index contributed by atoms with van der Waals surface area (Å²) in [6.45, 7) is 0.556. The van der Waals surface area contributed by atoms with Gasteiger partial charge in [-0.2, -0.15) is 0 Å². The molecular weight excluding hydrogens is 230 g/mol. The molecule has 0 spiro atoms. The number of aliphatic hydroxyl groups is 1. The number of rotatable bonds is 4. The van der Waals surface area contributed by atoms with Gasteiger partial charge in [-0.3, -0.25) is 4.90 Å². The highest BCUT2D eigenvalue weighted by Gasteiger charge is 2.30. The fourth-order valence-electron chi connectivity index (χ4n) is 2.34. The molecule has 0 saturated carbocycles. The summed E-state index contributed by atoms with van der Waals surface area (Å²) in [6, 6.07) is 9.42. The van der Waals surface area contributed by atoms with E-state index in [-0.39, 0.29) is 24.7 Å². The lowest BCUT2D eigenvalue weighted by Crippen LogP contribution is -2.37. The number of hydrogen-bond donors (Lipinski definition) is 1. The molecule has 2 rings (SSSR count). The Labute approximate surface area is 107 Å². The SMILES string of the molecule is CN1C(COC(=O)c2ccccc2)CC[C@H]1CO. The zero-order valence-corrected chi connectivity index (χ0v) is 10.6. The van der Waals surface area contributed by atoms with E-state index in [4.69, 9.17) is 9.84 Å². The Bertz CT molecular complexity index is 393. The molecule has 0 amide bonds. The van der Waals surface area contributed by atoms with Gasteiger partial charge in [0.15, 0.2) is 0 Å². The van der Waals surface area contributed by atoms with Crippen LogP contribution in [0.15, 0.2) is 30.3 Å². The van der Waals surface area contributed by atoms with Crippen LogP contribution in [0, 0.1) is 0 Å². The largest absolute Gasteiger partial charge is 0.460 e. The van der Waals surface area contributed by atoms with Crippen molar-refractivity contribution in [3.63, 3.8) is 0 Å². The molecular formula is C14H19NO3. The van der Waals surface area contributed by atoms with Crippen LogP contribution in [0.3, 0.4) is 0 Å². The monoisotopic (exact) mass is 249 g/mol. The van der Waals surface area contributed by atoms with Crippen molar-refractivity contribution in [3.8, 4) is 0 Å². The second-order valence-corrected chi connectivity index (χ2v) is 4.70. The van der Waals surface area contributed by atoms with E-state index in [0.717, 1.165) is 12.8 Å². The molecule has 98 valence electrons. The summed E-state index contributed by atoms with van der Waals surface area (Å²) in [5.41, 5.74) is 0.580. The van der Waals surface area contributed by atoms with Crippen molar-refractivity contribution in [2.45, 2.75) is 24.9 Å². The first kappa shape index (κ1) is 13.1. The van der Waals surface area contributed by atoms with Gasteiger partial charge in [0, 0.05) is 12.1 Å². The van der Waals surface area contributed by atoms with Gasteiger partial charge in [-0.1, -0.05) is 18.2 Å². The van der Waals surface area contributed by atoms with Gasteiger partial charge in [0.2, 0.25) is 0 Å². The summed E-state index contributed by atoms with van der Waals surface area (Å²) < 4.78 is 5.31. The van der Waals surface area contributed by atoms with Crippen LogP contribution in [0.4, 0.5) is 0 Å². The van der Waals surface area contributed by atoms with E-state index in [1.165, 1.54) is 0 Å². The van der Waals surface area contributed by atoms with Crippen molar-refractivity contribution in [3.05, 3.63) is 35.9 Å². The quantitative estimate of drug-likeness (QED) is 0.817. The minimum atomic E-state index is -0.281. The second-order valence-electron chi connectivity index (χ2n) is 4.70. The third-order valence-electron chi connectivity index (χ3n) is 3.61. The first-order valence-electron chi connectivity index (χ1n) is 6.27. The smallest absolute Gasteiger partial charge is 0.338 e. The number of hydrogen-bond acceptors (Lipinski definition) is 4. The van der Waals surface area contributed by atoms with Crippen molar-refractivity contribution in [2.75, 3.05) is 20.3 Å². The number of carbonyl (C=O) groups excluding carboxylic acids is 1. The Morgan fingerprint density at radius 2 is 2.00 bits per heavy atom. The van der Waals surface area contributed by atoms with Gasteiger partial charge in [0.05, 0.1) is 12.2 Å². The van der Waals surface area contributed by atoms with Crippen LogP contribution in [0.25, 0.3) is 0 Å². The third kappa shape index (κ3) is 2.89. The number of esters is 1. The van der Waals surface area contributed by atoms with Crippen molar-refractivity contribution in [2.24, 2.45) is 0 Å². The summed E-state index contributed by atoms with van der Waals surface area (Å²) in [7, 11) is 1.97. The normalized spacial score (nSPS) is 24.1. The van der Waals surface area contributed by atoms with Gasteiger partial charge >= 0.3 is 5.97 Å². The fourth-order valence-corrected chi connectivity index (χ4v) is 2.34. The predicted octanol–water partition coefficient (Wildman–Crippen LogP) is 1.30. The molecule has 0 aromatic heterocycles. The number of nitrogens with zero attached hydrogens (tertiary/aromatic N) is 1. The molecule has 18 heavy (non-hydrogen) atoms. The van der Waals surface area contributed by atoms with Crippen LogP contribution in [-0.2, 0) is 4.74 Å². The molecule has 0 bridgehead atoms. The highest BCUT2D eigenvalue weighted by atomic mass is 16.5. The summed E-state index contributed by atoms with van der Waals surface area (Å²) in [5.74, 6) is -0.281. The van der Waals surface area contributed by atoms with Crippen LogP contribution in [0.1, 0.15) is 23.2 Å². The first-order valence-corrected chi connectivity index (χ1v) is 6.27. The van der Waals surface area contributed by atoms with E-state index in [0.29, 0.717) is 12.2 Å². The van der Waals surface area contributed by atoms with Gasteiger partial charge < -0.3 is 9.84 Å². The Hall–Kier alpha value is -1.39. The molecule has 1 aromatic carbocycles. The van der Waals surface area contributed by atoms with E-state index in [1.54, 1.807) is 12.1 Å². The van der Waals surface area contributed by atoms with Gasteiger partial charge in [-0.05, 0) is 32.0 Å². The van der Waals surface area contributed by atoms with Crippen molar-refractivity contribution >= 4 is 5.97 Å². The minimum Gasteiger partial charge on any atom is -0.460 e. The molecule has 1 aliphatic heterocycles. The molecule has 0 radical (unpaired) electrons. The van der Waals surface area contributed by atoms with Crippen LogP contribution >= 0.6 is 0 Å². The molecule has 1 unspecified atom stereocenters. The first-order chi connectivity index (χ1) is 8.72. The van der Waals surface area contributed by atoms with Gasteiger partial charge in [0.1, 0.15) is 6.61 Å². The molecule has 0 aliphatic carbocycles. The summed E-state index contributed by atoms with van der Waals surface area (Å²) in [4.78, 5) is 13.9. The maximum atomic E-state index is 11.8. The molecule has 1 heterocycles. The van der Waals surface area contributed by atoms with Crippen molar-refractivity contribution in [1.29, 1.82) is 0 Å². The maximum Gasteiger partial charge on any atom is 0.338 e. The predicted molar refractivity (Wildman–Crippen MR) is 68.4 cm³/mol. The lowest BCUT2D eigenvalue weighted by Gasteiger charge is -2.24. The standard InChI is InChI=1S/C14H19NO3/c1-15-12(9-16)7-8-13(15)10-18-14(17)11-5-3-2-4-6-11/h2-6,12-13,16H,7-10H2,1H3/t12-,13?/m0/s1. The molecule has 2 atom stereocenters. The molecule has 1 N–H and O–H groups in total. The maximum absolute atomic E-state index is 11.8. The molecule has 4 heteroatoms. The number of likely N-dealkylation sites (N-methyl/N-ethyl adjacent to an activating group) is 1. The average molecular weight is 249 g/mol. The number of benzene rings is 1. The molecule has 1 saturated heterocycles. The Balaban J connectivity index is 1.84. The highest BCUT2D eigenvalue weighted by Crippen LogP contribution is 2.22. The van der Waals surface area contributed by atoms with Crippen LogP contribution in [-0.4, -0.2) is 48.3 Å². The Morgan fingerprint density at radius 1 is 1.33 bits per heavy atom. The van der Waals surface area contributed by atoms with Crippen LogP contribution < -0.4 is 0 Å². The molecule has 4 nitrogen and oxygen atoms in total. The molecule has 1 aliphatic rings. The minimum absolute atomic E-state index is 0.166. The number of ether oxygens (including phenoxy) is 1. The number of likely N-dealkylation sites (tertiary alicyclic amines) is 1. The number of aliphatic hydroxyl groups excluding tert-OH is 1. The van der Waals surface area contributed by atoms with Gasteiger partial charge in [-0.15, -0.1) is 0 Å². The van der Waals surface area contributed by atoms with Crippen molar-refractivity contribution in [1.82, 2.24) is 4.90 Å². The summed E-state index contributed by atoms with van der Waals surface area (Å²) in [5, 5.41) is 9.16. The second kappa shape index (κ2) is 5.98. The average Bonchev–Trinajstić information content (AvgIpc) is 2.77.